The molecule has 0 unspecified atom stereocenters. The summed E-state index contributed by atoms with van der Waals surface area (Å²) < 4.78 is 0. The molecule has 0 aromatic rings. The van der Waals surface area contributed by atoms with Crippen molar-refractivity contribution in [1.29, 1.82) is 0 Å². The van der Waals surface area contributed by atoms with Gasteiger partial charge < -0.3 is 11.2 Å². The maximum absolute atomic E-state index is 5.21. The highest BCUT2D eigenvalue weighted by Gasteiger charge is 1.83. The van der Waals surface area contributed by atoms with Crippen LogP contribution in [0.4, 0.5) is 0 Å². The Hall–Kier alpha value is -0.350. The van der Waals surface area contributed by atoms with Gasteiger partial charge in [0.15, 0.2) is 0 Å². The van der Waals surface area contributed by atoms with Crippen LogP contribution in [-0.4, -0.2) is 0 Å². The first-order chi connectivity index (χ1) is 3.18. The first-order valence-corrected chi connectivity index (χ1v) is 2.25. The Morgan fingerprint density at radius 3 is 2.14 bits per heavy atom. The molecule has 3 nitrogen and oxygen atoms in total. The largest absolute Gasteiger partial charge is 0.400 e. The van der Waals surface area contributed by atoms with Crippen LogP contribution in [0.3, 0.4) is 0 Å². The Kier molecular flexibility index (Phi) is 2.62. The van der Waals surface area contributed by atoms with Crippen molar-refractivity contribution in [3.63, 3.8) is 0 Å². The minimum atomic E-state index is 0.514. The van der Waals surface area contributed by atoms with Crippen molar-refractivity contribution in [2.24, 2.45) is 11.6 Å². The summed E-state index contributed by atoms with van der Waals surface area (Å²) in [6.45, 7) is 1.71. The molecule has 0 aliphatic rings. The monoisotopic (exact) mass is 119 g/mol. The van der Waals surface area contributed by atoms with E-state index in [2.05, 4.69) is 18.1 Å². The first-order valence-electron chi connectivity index (χ1n) is 1.80. The van der Waals surface area contributed by atoms with E-state index in [1.54, 1.807) is 6.92 Å². The van der Waals surface area contributed by atoms with Crippen molar-refractivity contribution in [2.75, 3.05) is 0 Å². The van der Waals surface area contributed by atoms with Crippen molar-refractivity contribution in [1.82, 2.24) is 5.43 Å². The quantitative estimate of drug-likeness (QED) is 0.214. The molecule has 0 saturated heterocycles. The molecule has 42 valence electrons. The number of hydrazine groups is 1. The lowest BCUT2D eigenvalue weighted by molar-refractivity contribution is 0.929. The van der Waals surface area contributed by atoms with Crippen molar-refractivity contribution in [2.45, 2.75) is 6.92 Å². The van der Waals surface area contributed by atoms with Crippen LogP contribution in [-0.2, 0) is 0 Å². The van der Waals surface area contributed by atoms with Gasteiger partial charge >= 0.3 is 0 Å². The Bertz CT molecular complexity index is 84.2. The zero-order chi connectivity index (χ0) is 5.86. The molecule has 0 atom stereocenters. The SMILES string of the molecule is C/C(N)=C(\S)NN. The lowest BCUT2D eigenvalue weighted by Gasteiger charge is -1.97. The number of rotatable bonds is 1. The number of hydrogen-bond donors (Lipinski definition) is 4. The molecule has 5 N–H and O–H groups in total. The van der Waals surface area contributed by atoms with Crippen LogP contribution in [0, 0.1) is 0 Å². The standard InChI is InChI=1S/C3H9N3S/c1-2(4)3(7)6-5/h6-7H,4-5H2,1H3/b3-2+. The van der Waals surface area contributed by atoms with Crippen molar-refractivity contribution >= 4 is 12.6 Å². The maximum Gasteiger partial charge on any atom is 0.0979 e. The fourth-order valence-electron chi connectivity index (χ4n) is 0.114. The summed E-state index contributed by atoms with van der Waals surface area (Å²) in [6, 6.07) is 0. The topological polar surface area (TPSA) is 64.1 Å². The van der Waals surface area contributed by atoms with Gasteiger partial charge in [-0.05, 0) is 6.92 Å². The van der Waals surface area contributed by atoms with E-state index >= 15 is 0 Å². The van der Waals surface area contributed by atoms with E-state index in [0.29, 0.717) is 10.7 Å². The van der Waals surface area contributed by atoms with Crippen LogP contribution >= 0.6 is 12.6 Å². The summed E-state index contributed by atoms with van der Waals surface area (Å²) in [6.07, 6.45) is 0. The second kappa shape index (κ2) is 2.76. The summed E-state index contributed by atoms with van der Waals surface area (Å²) in [5.41, 5.74) is 8.08. The molecule has 0 rings (SSSR count). The number of nitrogens with two attached hydrogens (primary N) is 2. The van der Waals surface area contributed by atoms with Gasteiger partial charge in [0.25, 0.3) is 0 Å². The van der Waals surface area contributed by atoms with Gasteiger partial charge in [-0.1, -0.05) is 0 Å². The fourth-order valence-corrected chi connectivity index (χ4v) is 0.114. The Balaban J connectivity index is 3.72. The second-order valence-corrected chi connectivity index (χ2v) is 1.62. The zero-order valence-corrected chi connectivity index (χ0v) is 5.00. The summed E-state index contributed by atoms with van der Waals surface area (Å²) in [4.78, 5) is 0. The van der Waals surface area contributed by atoms with E-state index in [4.69, 9.17) is 11.6 Å². The fraction of sp³-hybridized carbons (Fsp3) is 0.333. The third-order valence-electron chi connectivity index (χ3n) is 0.510. The molecule has 4 heteroatoms. The summed E-state index contributed by atoms with van der Waals surface area (Å²) in [5.74, 6) is 4.91. The molecule has 0 heterocycles. The van der Waals surface area contributed by atoms with E-state index in [9.17, 15) is 0 Å². The van der Waals surface area contributed by atoms with E-state index in [1.807, 2.05) is 0 Å². The van der Waals surface area contributed by atoms with Gasteiger partial charge in [-0.2, -0.15) is 0 Å². The predicted octanol–water partition coefficient (Wildman–Crippen LogP) is -0.473. The van der Waals surface area contributed by atoms with Crippen molar-refractivity contribution < 1.29 is 0 Å². The highest BCUT2D eigenvalue weighted by atomic mass is 32.1. The summed E-state index contributed by atoms with van der Waals surface area (Å²) >= 11 is 3.84. The second-order valence-electron chi connectivity index (χ2n) is 1.18. The van der Waals surface area contributed by atoms with Crippen LogP contribution in [0.25, 0.3) is 0 Å². The van der Waals surface area contributed by atoms with Crippen LogP contribution in [0.2, 0.25) is 0 Å². The molecular weight excluding hydrogens is 110 g/mol. The molecule has 0 aromatic carbocycles. The zero-order valence-electron chi connectivity index (χ0n) is 4.10. The van der Waals surface area contributed by atoms with Gasteiger partial charge in [-0.25, -0.2) is 5.84 Å². The summed E-state index contributed by atoms with van der Waals surface area (Å²) in [7, 11) is 0. The molecule has 0 fully saturated rings. The van der Waals surface area contributed by atoms with Gasteiger partial charge in [0.1, 0.15) is 0 Å². The van der Waals surface area contributed by atoms with Gasteiger partial charge in [0, 0.05) is 5.70 Å². The van der Waals surface area contributed by atoms with E-state index in [1.165, 1.54) is 0 Å². The molecule has 0 saturated carbocycles. The average Bonchev–Trinajstić information content (AvgIpc) is 1.65. The number of thiol groups is 1. The molecule has 0 spiro atoms. The third-order valence-corrected chi connectivity index (χ3v) is 0.992. The highest BCUT2D eigenvalue weighted by molar-refractivity contribution is 7.84. The Morgan fingerprint density at radius 2 is 2.14 bits per heavy atom. The highest BCUT2D eigenvalue weighted by Crippen LogP contribution is 1.94. The van der Waals surface area contributed by atoms with Crippen molar-refractivity contribution in [3.05, 3.63) is 10.7 Å². The molecule has 0 aromatic heterocycles. The Labute approximate surface area is 48.1 Å². The number of hydrogen-bond acceptors (Lipinski definition) is 4. The van der Waals surface area contributed by atoms with E-state index in [0.717, 1.165) is 0 Å². The minimum Gasteiger partial charge on any atom is -0.400 e. The normalized spacial score (nSPS) is 13.0. The molecule has 0 aliphatic heterocycles. The van der Waals surface area contributed by atoms with Crippen LogP contribution in [0.5, 0.6) is 0 Å². The lowest BCUT2D eigenvalue weighted by Crippen LogP contribution is -2.20. The minimum absolute atomic E-state index is 0.514. The lowest BCUT2D eigenvalue weighted by atomic mass is 10.6. The van der Waals surface area contributed by atoms with Gasteiger partial charge in [0.2, 0.25) is 0 Å². The van der Waals surface area contributed by atoms with Crippen LogP contribution < -0.4 is 17.0 Å². The summed E-state index contributed by atoms with van der Waals surface area (Å²) in [5, 5.41) is 0.514. The van der Waals surface area contributed by atoms with E-state index < -0.39 is 0 Å². The first kappa shape index (κ1) is 6.65. The predicted molar refractivity (Wildman–Crippen MR) is 33.2 cm³/mol. The maximum atomic E-state index is 5.21. The molecular formula is C3H9N3S. The molecule has 7 heavy (non-hydrogen) atoms. The van der Waals surface area contributed by atoms with Crippen LogP contribution in [0.15, 0.2) is 10.7 Å². The van der Waals surface area contributed by atoms with Gasteiger partial charge in [0.05, 0.1) is 5.03 Å². The average molecular weight is 119 g/mol. The van der Waals surface area contributed by atoms with Gasteiger partial charge in [-0.3, -0.25) is 0 Å². The smallest absolute Gasteiger partial charge is 0.0979 e. The van der Waals surface area contributed by atoms with Crippen LogP contribution in [0.1, 0.15) is 6.92 Å². The molecule has 0 radical (unpaired) electrons. The third kappa shape index (κ3) is 2.36. The van der Waals surface area contributed by atoms with Crippen molar-refractivity contribution in [3.8, 4) is 0 Å². The number of allylic oxidation sites excluding steroid dienone is 1. The molecule has 0 aliphatic carbocycles. The Morgan fingerprint density at radius 1 is 1.71 bits per heavy atom. The van der Waals surface area contributed by atoms with Gasteiger partial charge in [-0.15, -0.1) is 12.6 Å². The molecule has 0 bridgehead atoms. The molecule has 0 amide bonds. The number of nitrogens with one attached hydrogen (secondary N) is 1. The van der Waals surface area contributed by atoms with E-state index in [-0.39, 0.29) is 0 Å².